The third-order valence-electron chi connectivity index (χ3n) is 4.87. The summed E-state index contributed by atoms with van der Waals surface area (Å²) < 4.78 is 11.6. The van der Waals surface area contributed by atoms with E-state index in [-0.39, 0.29) is 18.0 Å². The summed E-state index contributed by atoms with van der Waals surface area (Å²) in [5.41, 5.74) is 1.66. The van der Waals surface area contributed by atoms with Crippen LogP contribution in [0.3, 0.4) is 0 Å². The van der Waals surface area contributed by atoms with Crippen LogP contribution in [0.15, 0.2) is 77.6 Å². The largest absolute Gasteiger partial charge is 0.493 e. The molecule has 0 saturated heterocycles. The smallest absolute Gasteiger partial charge is 0.267 e. The number of aromatic nitrogens is 2. The van der Waals surface area contributed by atoms with E-state index in [2.05, 4.69) is 10.4 Å². The van der Waals surface area contributed by atoms with Crippen LogP contribution < -0.4 is 20.3 Å². The number of hydrogen-bond donors (Lipinski definition) is 1. The van der Waals surface area contributed by atoms with Gasteiger partial charge in [-0.1, -0.05) is 36.4 Å². The molecular formula is C24H21N3O4. The second kappa shape index (κ2) is 8.71. The number of carbonyl (C=O) groups is 1. The van der Waals surface area contributed by atoms with Gasteiger partial charge in [0.2, 0.25) is 5.91 Å². The van der Waals surface area contributed by atoms with Gasteiger partial charge < -0.3 is 14.8 Å². The quantitative estimate of drug-likeness (QED) is 0.519. The number of hydrogen-bond acceptors (Lipinski definition) is 5. The molecule has 156 valence electrons. The first-order valence-electron chi connectivity index (χ1n) is 9.66. The Balaban J connectivity index is 1.56. The SMILES string of the molecule is COc1ccc(NC(=O)Cn2nc(-c3ccc4ccccc4c3)ccc2=O)cc1OC. The number of rotatable bonds is 6. The van der Waals surface area contributed by atoms with Crippen LogP contribution >= 0.6 is 0 Å². The second-order valence-electron chi connectivity index (χ2n) is 6.89. The summed E-state index contributed by atoms with van der Waals surface area (Å²) in [6.07, 6.45) is 0. The van der Waals surface area contributed by atoms with Crippen molar-refractivity contribution in [3.05, 3.63) is 83.2 Å². The first kappa shape index (κ1) is 20.2. The summed E-state index contributed by atoms with van der Waals surface area (Å²) in [5, 5.41) is 9.34. The molecule has 0 aliphatic rings. The minimum absolute atomic E-state index is 0.214. The van der Waals surface area contributed by atoms with E-state index in [1.807, 2.05) is 42.5 Å². The number of nitrogens with zero attached hydrogens (tertiary/aromatic N) is 2. The van der Waals surface area contributed by atoms with E-state index >= 15 is 0 Å². The van der Waals surface area contributed by atoms with Gasteiger partial charge in [0, 0.05) is 23.4 Å². The highest BCUT2D eigenvalue weighted by molar-refractivity contribution is 5.91. The maximum atomic E-state index is 12.5. The van der Waals surface area contributed by atoms with Crippen LogP contribution in [0, 0.1) is 0 Å². The van der Waals surface area contributed by atoms with Gasteiger partial charge in [-0.25, -0.2) is 4.68 Å². The molecule has 1 N–H and O–H groups in total. The van der Waals surface area contributed by atoms with E-state index in [0.29, 0.717) is 22.9 Å². The fraction of sp³-hybridized carbons (Fsp3) is 0.125. The highest BCUT2D eigenvalue weighted by Crippen LogP contribution is 2.29. The normalized spacial score (nSPS) is 10.6. The monoisotopic (exact) mass is 415 g/mol. The Morgan fingerprint density at radius 1 is 0.903 bits per heavy atom. The van der Waals surface area contributed by atoms with Gasteiger partial charge >= 0.3 is 0 Å². The van der Waals surface area contributed by atoms with Gasteiger partial charge in [-0.2, -0.15) is 5.10 Å². The number of nitrogens with one attached hydrogen (secondary N) is 1. The van der Waals surface area contributed by atoms with Gasteiger partial charge in [0.1, 0.15) is 6.54 Å². The zero-order valence-corrected chi connectivity index (χ0v) is 17.2. The summed E-state index contributed by atoms with van der Waals surface area (Å²) in [4.78, 5) is 24.8. The summed E-state index contributed by atoms with van der Waals surface area (Å²) >= 11 is 0. The summed E-state index contributed by atoms with van der Waals surface area (Å²) in [6, 6.07) is 22.1. The molecule has 1 heterocycles. The van der Waals surface area contributed by atoms with Gasteiger partial charge in [0.05, 0.1) is 19.9 Å². The Morgan fingerprint density at radius 3 is 2.45 bits per heavy atom. The molecule has 1 aromatic heterocycles. The number of carbonyl (C=O) groups excluding carboxylic acids is 1. The average Bonchev–Trinajstić information content (AvgIpc) is 2.80. The first-order chi connectivity index (χ1) is 15.1. The molecular weight excluding hydrogens is 394 g/mol. The molecule has 3 aromatic carbocycles. The zero-order valence-electron chi connectivity index (χ0n) is 17.2. The number of benzene rings is 3. The molecule has 0 aliphatic heterocycles. The number of ether oxygens (including phenoxy) is 2. The van der Waals surface area contributed by atoms with Gasteiger partial charge in [0.15, 0.2) is 11.5 Å². The average molecular weight is 415 g/mol. The van der Waals surface area contributed by atoms with E-state index < -0.39 is 0 Å². The Hall–Kier alpha value is -4.13. The molecule has 31 heavy (non-hydrogen) atoms. The molecule has 4 rings (SSSR count). The second-order valence-corrected chi connectivity index (χ2v) is 6.89. The van der Waals surface area contributed by atoms with Crippen molar-refractivity contribution in [2.24, 2.45) is 0 Å². The van der Waals surface area contributed by atoms with Crippen molar-refractivity contribution in [1.82, 2.24) is 9.78 Å². The minimum atomic E-state index is -0.377. The fourth-order valence-corrected chi connectivity index (χ4v) is 3.32. The van der Waals surface area contributed by atoms with Gasteiger partial charge in [-0.15, -0.1) is 0 Å². The van der Waals surface area contributed by atoms with Crippen LogP contribution in [0.5, 0.6) is 11.5 Å². The van der Waals surface area contributed by atoms with Gasteiger partial charge in [-0.3, -0.25) is 9.59 Å². The van der Waals surface area contributed by atoms with Crippen LogP contribution in [0.2, 0.25) is 0 Å². The maximum absolute atomic E-state index is 12.5. The van der Waals surface area contributed by atoms with Crippen molar-refractivity contribution < 1.29 is 14.3 Å². The van der Waals surface area contributed by atoms with Crippen molar-refractivity contribution in [3.8, 4) is 22.8 Å². The number of amides is 1. The fourth-order valence-electron chi connectivity index (χ4n) is 3.32. The van der Waals surface area contributed by atoms with Crippen molar-refractivity contribution in [3.63, 3.8) is 0 Å². The molecule has 0 fully saturated rings. The standard InChI is InChI=1S/C24H21N3O4/c1-30-21-11-9-19(14-22(21)31-2)25-23(28)15-27-24(29)12-10-20(26-27)18-8-7-16-5-3-4-6-17(16)13-18/h3-14H,15H2,1-2H3,(H,25,28). The van der Waals surface area contributed by atoms with Crippen molar-refractivity contribution >= 4 is 22.4 Å². The van der Waals surface area contributed by atoms with Crippen molar-refractivity contribution in [2.45, 2.75) is 6.54 Å². The van der Waals surface area contributed by atoms with E-state index in [0.717, 1.165) is 21.0 Å². The molecule has 0 atom stereocenters. The lowest BCUT2D eigenvalue weighted by atomic mass is 10.1. The lowest BCUT2D eigenvalue weighted by Crippen LogP contribution is -2.29. The third-order valence-corrected chi connectivity index (χ3v) is 4.87. The molecule has 4 aromatic rings. The summed E-state index contributed by atoms with van der Waals surface area (Å²) in [6.45, 7) is -0.214. The van der Waals surface area contributed by atoms with Crippen LogP contribution in [0.1, 0.15) is 0 Å². The number of methoxy groups -OCH3 is 2. The molecule has 0 bridgehead atoms. The van der Waals surface area contributed by atoms with E-state index in [9.17, 15) is 9.59 Å². The van der Waals surface area contributed by atoms with Gasteiger partial charge in [-0.05, 0) is 35.0 Å². The molecule has 7 nitrogen and oxygen atoms in total. The molecule has 0 unspecified atom stereocenters. The lowest BCUT2D eigenvalue weighted by Gasteiger charge is -2.11. The van der Waals surface area contributed by atoms with Crippen molar-refractivity contribution in [1.29, 1.82) is 0 Å². The van der Waals surface area contributed by atoms with E-state index in [4.69, 9.17) is 9.47 Å². The predicted octanol–water partition coefficient (Wildman–Crippen LogP) is 3.72. The van der Waals surface area contributed by atoms with Crippen LogP contribution in [0.4, 0.5) is 5.69 Å². The van der Waals surface area contributed by atoms with Gasteiger partial charge in [0.25, 0.3) is 5.56 Å². The number of anilines is 1. The molecule has 0 saturated carbocycles. The Kier molecular flexibility index (Phi) is 5.66. The zero-order chi connectivity index (χ0) is 21.8. The maximum Gasteiger partial charge on any atom is 0.267 e. The molecule has 0 spiro atoms. The first-order valence-corrected chi connectivity index (χ1v) is 9.66. The van der Waals surface area contributed by atoms with Crippen LogP contribution in [-0.2, 0) is 11.3 Å². The minimum Gasteiger partial charge on any atom is -0.493 e. The lowest BCUT2D eigenvalue weighted by molar-refractivity contribution is -0.117. The molecule has 1 amide bonds. The molecule has 7 heteroatoms. The predicted molar refractivity (Wildman–Crippen MR) is 120 cm³/mol. The Labute approximate surface area is 178 Å². The third kappa shape index (κ3) is 4.40. The Bertz CT molecular complexity index is 1310. The number of fused-ring (bicyclic) bond motifs is 1. The van der Waals surface area contributed by atoms with Crippen LogP contribution in [-0.4, -0.2) is 29.9 Å². The highest BCUT2D eigenvalue weighted by atomic mass is 16.5. The Morgan fingerprint density at radius 2 is 1.68 bits per heavy atom. The topological polar surface area (TPSA) is 82.5 Å². The van der Waals surface area contributed by atoms with E-state index in [1.54, 1.807) is 24.3 Å². The molecule has 0 aliphatic carbocycles. The highest BCUT2D eigenvalue weighted by Gasteiger charge is 2.11. The molecule has 0 radical (unpaired) electrons. The van der Waals surface area contributed by atoms with E-state index in [1.165, 1.54) is 20.3 Å². The van der Waals surface area contributed by atoms with Crippen molar-refractivity contribution in [2.75, 3.05) is 19.5 Å². The summed E-state index contributed by atoms with van der Waals surface area (Å²) in [5.74, 6) is 0.674. The van der Waals surface area contributed by atoms with Crippen LogP contribution in [0.25, 0.3) is 22.0 Å². The summed E-state index contributed by atoms with van der Waals surface area (Å²) in [7, 11) is 3.06.